The van der Waals surface area contributed by atoms with Crippen LogP contribution in [0.5, 0.6) is 0 Å². The van der Waals surface area contributed by atoms with E-state index < -0.39 is 16.6 Å². The fourth-order valence-corrected chi connectivity index (χ4v) is 2.27. The average Bonchev–Trinajstić information content (AvgIpc) is 2.22. The van der Waals surface area contributed by atoms with E-state index in [0.29, 0.717) is 0 Å². The van der Waals surface area contributed by atoms with Gasteiger partial charge in [-0.3, -0.25) is 0 Å². The Kier molecular flexibility index (Phi) is 5.15. The second kappa shape index (κ2) is 6.01. The highest BCUT2D eigenvalue weighted by atomic mass is 28.4. The summed E-state index contributed by atoms with van der Waals surface area (Å²) in [5, 5.41) is 8.60. The van der Waals surface area contributed by atoms with Crippen LogP contribution in [0.15, 0.2) is 10.3 Å². The summed E-state index contributed by atoms with van der Waals surface area (Å²) in [6.07, 6.45) is 3.96. The topological polar surface area (TPSA) is 43.2 Å². The smallest absolute Gasteiger partial charge is 0.278 e. The van der Waals surface area contributed by atoms with Crippen molar-refractivity contribution >= 4 is 28.1 Å². The summed E-state index contributed by atoms with van der Waals surface area (Å²) in [6.45, 7) is 12.9. The van der Waals surface area contributed by atoms with Crippen LogP contribution in [0.4, 0.5) is 0 Å². The summed E-state index contributed by atoms with van der Waals surface area (Å²) in [5.41, 5.74) is 2.23. The fraction of sp³-hybridized carbons (Fsp3) is 0.833. The van der Waals surface area contributed by atoms with Crippen LogP contribution in [0.1, 0.15) is 25.7 Å². The first kappa shape index (κ1) is 15.4. The van der Waals surface area contributed by atoms with E-state index in [0.717, 1.165) is 37.1 Å². The van der Waals surface area contributed by atoms with E-state index in [-0.39, 0.29) is 0 Å². The second-order valence-electron chi connectivity index (χ2n) is 6.75. The molecule has 0 bridgehead atoms. The van der Waals surface area contributed by atoms with Gasteiger partial charge in [0.25, 0.3) is 16.6 Å². The lowest BCUT2D eigenvalue weighted by atomic mass is 9.97. The monoisotopic (exact) mass is 286 g/mol. The lowest BCUT2D eigenvalue weighted by molar-refractivity contribution is 0.328. The van der Waals surface area contributed by atoms with Crippen LogP contribution in [0.3, 0.4) is 0 Å². The molecule has 0 unspecified atom stereocenters. The first-order valence-corrected chi connectivity index (χ1v) is 13.5. The van der Waals surface area contributed by atoms with Crippen molar-refractivity contribution in [1.29, 1.82) is 0 Å². The van der Waals surface area contributed by atoms with Gasteiger partial charge in [0.05, 0.1) is 11.4 Å². The van der Waals surface area contributed by atoms with Gasteiger partial charge in [0, 0.05) is 6.42 Å². The predicted octanol–water partition coefficient (Wildman–Crippen LogP) is 3.98. The van der Waals surface area contributed by atoms with Gasteiger partial charge in [-0.05, 0) is 58.5 Å². The van der Waals surface area contributed by atoms with E-state index in [9.17, 15) is 0 Å². The van der Waals surface area contributed by atoms with E-state index in [1.807, 2.05) is 0 Å². The molecule has 6 heteroatoms. The average molecular weight is 287 g/mol. The minimum Gasteiger partial charge on any atom is -0.456 e. The number of nitrogens with zero attached hydrogens (tertiary/aromatic N) is 2. The Hall–Kier alpha value is -0.626. The zero-order valence-corrected chi connectivity index (χ0v) is 14.5. The molecule has 4 nitrogen and oxygen atoms in total. The second-order valence-corrected chi connectivity index (χ2v) is 15.6. The summed E-state index contributed by atoms with van der Waals surface area (Å²) < 4.78 is 11.2. The number of rotatable bonds is 4. The summed E-state index contributed by atoms with van der Waals surface area (Å²) in [5.74, 6) is 0. The molecule has 0 amide bonds. The molecule has 0 spiro atoms. The minimum atomic E-state index is -1.56. The predicted molar refractivity (Wildman–Crippen MR) is 82.2 cm³/mol. The summed E-state index contributed by atoms with van der Waals surface area (Å²) in [4.78, 5) is 0. The molecule has 0 aromatic heterocycles. The number of oxime groups is 2. The van der Waals surface area contributed by atoms with Gasteiger partial charge in [-0.2, -0.15) is 0 Å². The first-order chi connectivity index (χ1) is 8.16. The van der Waals surface area contributed by atoms with E-state index in [4.69, 9.17) is 9.05 Å². The molecule has 0 heterocycles. The van der Waals surface area contributed by atoms with Gasteiger partial charge in [0.15, 0.2) is 0 Å². The molecule has 0 aromatic rings. The van der Waals surface area contributed by atoms with Crippen molar-refractivity contribution in [3.8, 4) is 0 Å². The molecular weight excluding hydrogens is 260 g/mol. The minimum absolute atomic E-state index is 0.814. The van der Waals surface area contributed by atoms with Crippen molar-refractivity contribution in [1.82, 2.24) is 0 Å². The SMILES string of the molecule is C[Si](C)(C)O/N=C1/CCC/C(=N\O[Si](C)(C)C)C1. The molecule has 1 fully saturated rings. The van der Waals surface area contributed by atoms with Gasteiger partial charge in [0.2, 0.25) is 0 Å². The van der Waals surface area contributed by atoms with Gasteiger partial charge in [-0.15, -0.1) is 10.3 Å². The van der Waals surface area contributed by atoms with Crippen molar-refractivity contribution in [3.05, 3.63) is 0 Å². The van der Waals surface area contributed by atoms with Gasteiger partial charge in [-0.25, -0.2) is 0 Å². The molecule has 0 aliphatic heterocycles. The Bertz CT molecular complexity index is 309. The number of hydrogen-bond donors (Lipinski definition) is 0. The lowest BCUT2D eigenvalue weighted by Crippen LogP contribution is -2.26. The molecule has 104 valence electrons. The van der Waals surface area contributed by atoms with E-state index in [1.165, 1.54) is 0 Å². The first-order valence-electron chi connectivity index (χ1n) is 6.63. The van der Waals surface area contributed by atoms with Crippen molar-refractivity contribution < 1.29 is 9.05 Å². The molecule has 0 aromatic carbocycles. The van der Waals surface area contributed by atoms with Crippen molar-refractivity contribution in [2.24, 2.45) is 10.3 Å². The summed E-state index contributed by atoms with van der Waals surface area (Å²) >= 11 is 0. The molecule has 0 radical (unpaired) electrons. The molecule has 18 heavy (non-hydrogen) atoms. The molecule has 1 saturated carbocycles. The largest absolute Gasteiger partial charge is 0.456 e. The Balaban J connectivity index is 2.56. The zero-order chi connectivity index (χ0) is 13.8. The van der Waals surface area contributed by atoms with Crippen molar-refractivity contribution in [3.63, 3.8) is 0 Å². The maximum atomic E-state index is 5.60. The Morgan fingerprint density at radius 2 is 1.17 bits per heavy atom. The summed E-state index contributed by atoms with van der Waals surface area (Å²) in [6, 6.07) is 0. The van der Waals surface area contributed by atoms with E-state index in [2.05, 4.69) is 49.6 Å². The molecule has 0 saturated heterocycles. The third-order valence-corrected chi connectivity index (χ3v) is 3.51. The van der Waals surface area contributed by atoms with Gasteiger partial charge in [-0.1, -0.05) is 0 Å². The highest BCUT2D eigenvalue weighted by Crippen LogP contribution is 2.16. The van der Waals surface area contributed by atoms with Crippen LogP contribution in [-0.4, -0.2) is 28.1 Å². The Morgan fingerprint density at radius 1 is 0.778 bits per heavy atom. The zero-order valence-electron chi connectivity index (χ0n) is 12.5. The Labute approximate surface area is 113 Å². The molecule has 1 rings (SSSR count). The molecule has 0 N–H and O–H groups in total. The van der Waals surface area contributed by atoms with Gasteiger partial charge in [0.1, 0.15) is 0 Å². The quantitative estimate of drug-likeness (QED) is 0.579. The molecular formula is C12H26N2O2Si2. The van der Waals surface area contributed by atoms with Crippen molar-refractivity contribution in [2.45, 2.75) is 65.0 Å². The van der Waals surface area contributed by atoms with Gasteiger partial charge < -0.3 is 9.05 Å². The fourth-order valence-electron chi connectivity index (χ4n) is 1.47. The van der Waals surface area contributed by atoms with Crippen LogP contribution < -0.4 is 0 Å². The molecule has 1 aliphatic rings. The van der Waals surface area contributed by atoms with E-state index in [1.54, 1.807) is 0 Å². The maximum absolute atomic E-state index is 5.60. The van der Waals surface area contributed by atoms with Crippen LogP contribution in [0.2, 0.25) is 39.3 Å². The molecule has 0 atom stereocenters. The maximum Gasteiger partial charge on any atom is 0.278 e. The number of hydrogen-bond acceptors (Lipinski definition) is 4. The standard InChI is InChI=1S/C12H26N2O2Si2/c1-17(2,3)15-13-11-8-7-9-12(10-11)14-16-18(4,5)6/h7-10H2,1-6H3/b13-11-,14-12+. The van der Waals surface area contributed by atoms with Crippen molar-refractivity contribution in [2.75, 3.05) is 0 Å². The van der Waals surface area contributed by atoms with E-state index >= 15 is 0 Å². The normalized spacial score (nSPS) is 22.3. The highest BCUT2D eigenvalue weighted by Gasteiger charge is 2.20. The van der Waals surface area contributed by atoms with Crippen LogP contribution in [0.25, 0.3) is 0 Å². The Morgan fingerprint density at radius 3 is 1.50 bits per heavy atom. The third-order valence-electron chi connectivity index (χ3n) is 2.24. The lowest BCUT2D eigenvalue weighted by Gasteiger charge is -2.20. The molecule has 1 aliphatic carbocycles. The van der Waals surface area contributed by atoms with Crippen LogP contribution in [-0.2, 0) is 9.05 Å². The third kappa shape index (κ3) is 6.95. The summed E-state index contributed by atoms with van der Waals surface area (Å²) in [7, 11) is -3.13. The highest BCUT2D eigenvalue weighted by molar-refractivity contribution is 6.70. The van der Waals surface area contributed by atoms with Crippen LogP contribution >= 0.6 is 0 Å². The van der Waals surface area contributed by atoms with Gasteiger partial charge >= 0.3 is 0 Å². The van der Waals surface area contributed by atoms with Crippen LogP contribution in [0, 0.1) is 0 Å².